The van der Waals surface area contributed by atoms with Crippen LogP contribution in [0.4, 0.5) is 11.6 Å². The van der Waals surface area contributed by atoms with E-state index in [9.17, 15) is 5.11 Å². The number of fused-ring (bicyclic) bond motifs is 5. The molecule has 3 aromatic rings. The third-order valence-corrected chi connectivity index (χ3v) is 7.13. The van der Waals surface area contributed by atoms with Gasteiger partial charge in [-0.15, -0.1) is 16.3 Å². The molecule has 0 bridgehead atoms. The lowest BCUT2D eigenvalue weighted by atomic mass is 9.90. The number of likely N-dealkylation sites (N-methyl/N-ethyl adjacent to an activating group) is 1. The van der Waals surface area contributed by atoms with Crippen molar-refractivity contribution in [2.24, 2.45) is 0 Å². The van der Waals surface area contributed by atoms with Crippen LogP contribution < -0.4 is 14.8 Å². The van der Waals surface area contributed by atoms with Gasteiger partial charge < -0.3 is 14.7 Å². The molecule has 2 aliphatic heterocycles. The van der Waals surface area contributed by atoms with E-state index in [-0.39, 0.29) is 12.2 Å². The van der Waals surface area contributed by atoms with Crippen LogP contribution in [-0.2, 0) is 17.8 Å². The van der Waals surface area contributed by atoms with E-state index >= 15 is 0 Å². The smallest absolute Gasteiger partial charge is 0.242 e. The van der Waals surface area contributed by atoms with E-state index in [1.165, 1.54) is 29.4 Å². The van der Waals surface area contributed by atoms with Crippen LogP contribution in [0.25, 0.3) is 20.4 Å². The molecule has 0 atom stereocenters. The molecule has 0 amide bonds. The Kier molecular flexibility index (Phi) is 4.60. The van der Waals surface area contributed by atoms with E-state index < -0.39 is 0 Å². The van der Waals surface area contributed by atoms with Crippen LogP contribution in [0, 0.1) is 0 Å². The molecule has 0 radical (unpaired) electrons. The van der Waals surface area contributed by atoms with Crippen molar-refractivity contribution in [1.82, 2.24) is 9.97 Å². The highest BCUT2D eigenvalue weighted by atomic mass is 32.1. The molecule has 2 N–H and O–H groups in total. The van der Waals surface area contributed by atoms with Crippen LogP contribution in [0.15, 0.2) is 6.33 Å². The fraction of sp³-hybridized carbons (Fsp3) is 0.571. The lowest BCUT2D eigenvalue weighted by molar-refractivity contribution is -0.366. The number of aromatic nitrogens is 3. The van der Waals surface area contributed by atoms with Gasteiger partial charge in [0.05, 0.1) is 37.8 Å². The van der Waals surface area contributed by atoms with Crippen molar-refractivity contribution >= 4 is 43.4 Å². The Morgan fingerprint density at radius 1 is 1.31 bits per heavy atom. The second kappa shape index (κ2) is 7.04. The van der Waals surface area contributed by atoms with Gasteiger partial charge in [0.25, 0.3) is 0 Å². The Bertz CT molecular complexity index is 1070. The molecule has 3 aromatic heterocycles. The number of ether oxygens (including phenoxy) is 1. The summed E-state index contributed by atoms with van der Waals surface area (Å²) in [5.41, 5.74) is 3.38. The maximum Gasteiger partial charge on any atom is 0.242 e. The van der Waals surface area contributed by atoms with Gasteiger partial charge in [0.1, 0.15) is 15.3 Å². The Hall–Kier alpha value is -2.03. The lowest BCUT2D eigenvalue weighted by Crippen LogP contribution is -2.33. The van der Waals surface area contributed by atoms with Gasteiger partial charge in [0, 0.05) is 25.1 Å². The summed E-state index contributed by atoms with van der Waals surface area (Å²) in [5, 5.41) is 10.6. The van der Waals surface area contributed by atoms with Gasteiger partial charge in [0.2, 0.25) is 12.1 Å². The minimum atomic E-state index is -0.199. The second-order valence-corrected chi connectivity index (χ2v) is 9.67. The van der Waals surface area contributed by atoms with Crippen LogP contribution >= 0.6 is 11.3 Å². The van der Waals surface area contributed by atoms with E-state index in [1.54, 1.807) is 17.7 Å². The van der Waals surface area contributed by atoms with E-state index in [4.69, 9.17) is 14.7 Å². The number of nitrogens with one attached hydrogen (secondary N) is 1. The zero-order chi connectivity index (χ0) is 20.2. The molecule has 1 saturated heterocycles. The summed E-state index contributed by atoms with van der Waals surface area (Å²) in [4.78, 5) is 18.7. The molecule has 0 aliphatic carbocycles. The number of aliphatic hydroxyl groups is 1. The molecule has 154 valence electrons. The summed E-state index contributed by atoms with van der Waals surface area (Å²) in [7, 11) is 1.99. The summed E-state index contributed by atoms with van der Waals surface area (Å²) in [6.07, 6.45) is 5.05. The predicted molar refractivity (Wildman–Crippen MR) is 116 cm³/mol. The molecule has 0 spiro atoms. The SMILES string of the molecule is CN(CCO)c1[nH+]cnc2c1sc1nc(N3CCCC3)c3c(c12)CC(C)(C)OC3. The first kappa shape index (κ1) is 19.0. The quantitative estimate of drug-likeness (QED) is 0.707. The van der Waals surface area contributed by atoms with Crippen LogP contribution in [0.2, 0.25) is 0 Å². The van der Waals surface area contributed by atoms with Gasteiger partial charge in [0.15, 0.2) is 5.52 Å². The maximum atomic E-state index is 9.38. The minimum Gasteiger partial charge on any atom is -0.393 e. The van der Waals surface area contributed by atoms with Gasteiger partial charge in [-0.3, -0.25) is 4.90 Å². The number of nitrogens with zero attached hydrogens (tertiary/aromatic N) is 4. The third-order valence-electron chi connectivity index (χ3n) is 6.05. The molecule has 2 aliphatic rings. The van der Waals surface area contributed by atoms with Gasteiger partial charge in [-0.25, -0.2) is 9.97 Å². The number of H-pyrrole nitrogens is 1. The summed E-state index contributed by atoms with van der Waals surface area (Å²) < 4.78 is 7.29. The van der Waals surface area contributed by atoms with Crippen LogP contribution in [-0.4, -0.2) is 54.0 Å². The Labute approximate surface area is 174 Å². The number of aromatic amines is 1. The fourth-order valence-corrected chi connectivity index (χ4v) is 5.76. The van der Waals surface area contributed by atoms with Crippen molar-refractivity contribution in [2.75, 3.05) is 43.1 Å². The molecular formula is C21H28N5O2S+. The summed E-state index contributed by atoms with van der Waals surface area (Å²) in [6, 6.07) is 0. The van der Waals surface area contributed by atoms with Gasteiger partial charge in [-0.05, 0) is 32.3 Å². The molecule has 29 heavy (non-hydrogen) atoms. The Morgan fingerprint density at radius 3 is 2.86 bits per heavy atom. The first-order valence-corrected chi connectivity index (χ1v) is 11.2. The highest BCUT2D eigenvalue weighted by Gasteiger charge is 2.34. The summed E-state index contributed by atoms with van der Waals surface area (Å²) >= 11 is 1.69. The predicted octanol–water partition coefficient (Wildman–Crippen LogP) is 2.54. The van der Waals surface area contributed by atoms with Gasteiger partial charge in [-0.2, -0.15) is 0 Å². The molecule has 0 aromatic carbocycles. The van der Waals surface area contributed by atoms with Gasteiger partial charge in [-0.1, -0.05) is 0 Å². The molecule has 7 nitrogen and oxygen atoms in total. The van der Waals surface area contributed by atoms with Crippen molar-refractivity contribution in [3.8, 4) is 0 Å². The second-order valence-electron chi connectivity index (χ2n) is 8.67. The number of hydrogen-bond acceptors (Lipinski definition) is 7. The van der Waals surface area contributed by atoms with E-state index in [2.05, 4.69) is 23.7 Å². The number of pyridine rings is 1. The zero-order valence-corrected chi connectivity index (χ0v) is 18.1. The van der Waals surface area contributed by atoms with Crippen molar-refractivity contribution in [1.29, 1.82) is 0 Å². The zero-order valence-electron chi connectivity index (χ0n) is 17.3. The minimum absolute atomic E-state index is 0.108. The average molecular weight is 415 g/mol. The molecule has 1 fully saturated rings. The molecular weight excluding hydrogens is 386 g/mol. The Balaban J connectivity index is 1.79. The third kappa shape index (κ3) is 3.14. The highest BCUT2D eigenvalue weighted by molar-refractivity contribution is 7.26. The topological polar surface area (TPSA) is 75.9 Å². The largest absolute Gasteiger partial charge is 0.393 e. The molecule has 8 heteroatoms. The summed E-state index contributed by atoms with van der Waals surface area (Å²) in [6.45, 7) is 7.73. The molecule has 5 heterocycles. The molecule has 5 rings (SSSR count). The number of aliphatic hydroxyl groups excluding tert-OH is 1. The van der Waals surface area contributed by atoms with Crippen molar-refractivity contribution in [3.05, 3.63) is 17.5 Å². The van der Waals surface area contributed by atoms with Crippen molar-refractivity contribution in [2.45, 2.75) is 45.3 Å². The number of rotatable bonds is 4. The molecule has 0 saturated carbocycles. The van der Waals surface area contributed by atoms with Crippen LogP contribution in [0.5, 0.6) is 0 Å². The van der Waals surface area contributed by atoms with Crippen molar-refractivity contribution < 1.29 is 14.8 Å². The van der Waals surface area contributed by atoms with E-state index in [0.717, 1.165) is 46.2 Å². The average Bonchev–Trinajstić information content (AvgIpc) is 3.34. The van der Waals surface area contributed by atoms with Crippen LogP contribution in [0.3, 0.4) is 0 Å². The maximum absolute atomic E-state index is 9.38. The monoisotopic (exact) mass is 414 g/mol. The number of hydrogen-bond donors (Lipinski definition) is 1. The number of thiophene rings is 1. The van der Waals surface area contributed by atoms with E-state index in [0.29, 0.717) is 13.2 Å². The first-order chi connectivity index (χ1) is 14.0. The summed E-state index contributed by atoms with van der Waals surface area (Å²) in [5.74, 6) is 2.08. The molecule has 0 unspecified atom stereocenters. The standard InChI is InChI=1S/C21H27N5O2S/c1-21(2)10-13-14(11-28-21)18(26-6-4-5-7-26)24-20-15(13)16-17(29-20)19(23-12-22-16)25(3)8-9-27/h12,27H,4-11H2,1-3H3/p+1. The lowest BCUT2D eigenvalue weighted by Gasteiger charge is -2.34. The van der Waals surface area contributed by atoms with Crippen LogP contribution in [0.1, 0.15) is 37.8 Å². The first-order valence-electron chi connectivity index (χ1n) is 10.3. The van der Waals surface area contributed by atoms with Gasteiger partial charge >= 0.3 is 0 Å². The number of anilines is 2. The fourth-order valence-electron chi connectivity index (χ4n) is 4.55. The normalized spacial score (nSPS) is 18.6. The van der Waals surface area contributed by atoms with E-state index in [1.807, 2.05) is 11.9 Å². The highest BCUT2D eigenvalue weighted by Crippen LogP contribution is 2.44. The van der Waals surface area contributed by atoms with Crippen molar-refractivity contribution in [3.63, 3.8) is 0 Å². The Morgan fingerprint density at radius 2 is 2.10 bits per heavy atom.